The number of anilines is 1. The molecule has 0 N–H and O–H groups in total. The summed E-state index contributed by atoms with van der Waals surface area (Å²) in [5.41, 5.74) is 3.70. The zero-order valence-corrected chi connectivity index (χ0v) is 16.9. The van der Waals surface area contributed by atoms with Crippen LogP contribution in [-0.4, -0.2) is 44.1 Å². The molecule has 0 atom stereocenters. The van der Waals surface area contributed by atoms with Crippen molar-refractivity contribution in [1.82, 2.24) is 9.46 Å². The van der Waals surface area contributed by atoms with E-state index in [0.29, 0.717) is 36.1 Å². The summed E-state index contributed by atoms with van der Waals surface area (Å²) in [4.78, 5) is 3.03. The second-order valence-electron chi connectivity index (χ2n) is 6.61. The maximum atomic E-state index is 13.0. The van der Waals surface area contributed by atoms with Crippen LogP contribution in [0.4, 0.5) is 5.69 Å². The van der Waals surface area contributed by atoms with Gasteiger partial charge in [0.2, 0.25) is 0 Å². The van der Waals surface area contributed by atoms with Gasteiger partial charge in [-0.2, -0.15) is 4.31 Å². The van der Waals surface area contributed by atoms with Gasteiger partial charge >= 0.3 is 0 Å². The first-order valence-electron chi connectivity index (χ1n) is 8.79. The van der Waals surface area contributed by atoms with Crippen molar-refractivity contribution in [2.24, 2.45) is 0 Å². The SMILES string of the molecule is Cc1cccc(N2CCN(S(=O)(=O)c3ccc(-c4ccno4)s3)CC2)c1C. The van der Waals surface area contributed by atoms with Crippen molar-refractivity contribution < 1.29 is 12.9 Å². The van der Waals surface area contributed by atoms with Gasteiger partial charge in [0.1, 0.15) is 4.21 Å². The number of aromatic nitrogens is 1. The third kappa shape index (κ3) is 3.40. The smallest absolute Gasteiger partial charge is 0.252 e. The number of thiophene rings is 1. The summed E-state index contributed by atoms with van der Waals surface area (Å²) in [5, 5.41) is 3.68. The van der Waals surface area contributed by atoms with Crippen molar-refractivity contribution in [2.75, 3.05) is 31.1 Å². The molecule has 0 spiro atoms. The Labute approximate surface area is 163 Å². The van der Waals surface area contributed by atoms with Crippen LogP contribution in [0.5, 0.6) is 0 Å². The topological polar surface area (TPSA) is 66.7 Å². The number of sulfonamides is 1. The highest BCUT2D eigenvalue weighted by molar-refractivity contribution is 7.91. The molecule has 1 aromatic carbocycles. The second kappa shape index (κ2) is 7.10. The van der Waals surface area contributed by atoms with E-state index in [2.05, 4.69) is 42.1 Å². The first kappa shape index (κ1) is 18.2. The average molecular weight is 404 g/mol. The number of benzene rings is 1. The van der Waals surface area contributed by atoms with Crippen molar-refractivity contribution in [1.29, 1.82) is 0 Å². The summed E-state index contributed by atoms with van der Waals surface area (Å²) in [5.74, 6) is 0.584. The summed E-state index contributed by atoms with van der Waals surface area (Å²) in [6, 6.07) is 11.4. The maximum absolute atomic E-state index is 13.0. The van der Waals surface area contributed by atoms with Gasteiger partial charge in [0.15, 0.2) is 5.76 Å². The molecule has 0 radical (unpaired) electrons. The average Bonchev–Trinajstić information content (AvgIpc) is 3.36. The lowest BCUT2D eigenvalue weighted by Crippen LogP contribution is -2.48. The van der Waals surface area contributed by atoms with Crippen LogP contribution in [0, 0.1) is 13.8 Å². The minimum absolute atomic E-state index is 0.342. The van der Waals surface area contributed by atoms with Crippen LogP contribution in [0.3, 0.4) is 0 Å². The van der Waals surface area contributed by atoms with E-state index in [1.807, 2.05) is 0 Å². The van der Waals surface area contributed by atoms with Crippen molar-refractivity contribution in [3.8, 4) is 10.6 Å². The molecule has 0 amide bonds. The summed E-state index contributed by atoms with van der Waals surface area (Å²) in [7, 11) is -3.49. The number of hydrogen-bond donors (Lipinski definition) is 0. The Kier molecular flexibility index (Phi) is 4.79. The first-order chi connectivity index (χ1) is 13.0. The standard InChI is InChI=1S/C19H21N3O3S2/c1-14-4-3-5-16(15(14)2)21-10-12-22(13-11-21)27(23,24)19-7-6-18(26-19)17-8-9-20-25-17/h3-9H,10-13H2,1-2H3. The van der Waals surface area contributed by atoms with Crippen LogP contribution < -0.4 is 4.90 Å². The minimum Gasteiger partial charge on any atom is -0.369 e. The highest BCUT2D eigenvalue weighted by Gasteiger charge is 2.30. The molecule has 1 aliphatic heterocycles. The number of nitrogens with zero attached hydrogens (tertiary/aromatic N) is 3. The summed E-state index contributed by atoms with van der Waals surface area (Å²) in [6.45, 7) is 6.54. The van der Waals surface area contributed by atoms with E-state index in [1.54, 1.807) is 28.7 Å². The van der Waals surface area contributed by atoms with E-state index >= 15 is 0 Å². The predicted molar refractivity (Wildman–Crippen MR) is 107 cm³/mol. The third-order valence-corrected chi connectivity index (χ3v) is 8.48. The monoisotopic (exact) mass is 403 g/mol. The number of rotatable bonds is 4. The van der Waals surface area contributed by atoms with Crippen molar-refractivity contribution in [3.05, 3.63) is 53.7 Å². The summed E-state index contributed by atoms with van der Waals surface area (Å²) < 4.78 is 33.0. The van der Waals surface area contributed by atoms with Gasteiger partial charge in [-0.25, -0.2) is 8.42 Å². The fraction of sp³-hybridized carbons (Fsp3) is 0.316. The van der Waals surface area contributed by atoms with Crippen molar-refractivity contribution >= 4 is 27.0 Å². The Morgan fingerprint density at radius 3 is 2.52 bits per heavy atom. The number of piperazine rings is 1. The lowest BCUT2D eigenvalue weighted by Gasteiger charge is -2.36. The largest absolute Gasteiger partial charge is 0.369 e. The molecule has 0 saturated carbocycles. The zero-order valence-electron chi connectivity index (χ0n) is 15.3. The highest BCUT2D eigenvalue weighted by Crippen LogP contribution is 2.33. The quantitative estimate of drug-likeness (QED) is 0.667. The van der Waals surface area contributed by atoms with E-state index in [4.69, 9.17) is 4.52 Å². The summed E-state index contributed by atoms with van der Waals surface area (Å²) >= 11 is 1.22. The molecule has 0 aliphatic carbocycles. The molecule has 2 aromatic heterocycles. The molecule has 4 rings (SSSR count). The van der Waals surface area contributed by atoms with Crippen LogP contribution in [0.1, 0.15) is 11.1 Å². The lowest BCUT2D eigenvalue weighted by molar-refractivity contribution is 0.385. The van der Waals surface area contributed by atoms with E-state index in [0.717, 1.165) is 4.88 Å². The van der Waals surface area contributed by atoms with Gasteiger partial charge in [-0.05, 0) is 43.2 Å². The molecule has 1 saturated heterocycles. The normalized spacial score (nSPS) is 16.0. The van der Waals surface area contributed by atoms with Gasteiger partial charge in [-0.15, -0.1) is 11.3 Å². The fourth-order valence-corrected chi connectivity index (χ4v) is 6.15. The lowest BCUT2D eigenvalue weighted by atomic mass is 10.1. The van der Waals surface area contributed by atoms with Crippen LogP contribution in [-0.2, 0) is 10.0 Å². The Morgan fingerprint density at radius 2 is 1.81 bits per heavy atom. The maximum Gasteiger partial charge on any atom is 0.252 e. The predicted octanol–water partition coefficient (Wildman–Crippen LogP) is 3.53. The Balaban J connectivity index is 1.49. The van der Waals surface area contributed by atoms with Crippen molar-refractivity contribution in [3.63, 3.8) is 0 Å². The number of hydrogen-bond acceptors (Lipinski definition) is 6. The van der Waals surface area contributed by atoms with Crippen molar-refractivity contribution in [2.45, 2.75) is 18.1 Å². The van der Waals surface area contributed by atoms with Crippen LogP contribution in [0.2, 0.25) is 0 Å². The molecule has 3 aromatic rings. The molecule has 27 heavy (non-hydrogen) atoms. The molecule has 8 heteroatoms. The van der Waals surface area contributed by atoms with Crippen LogP contribution >= 0.6 is 11.3 Å². The van der Waals surface area contributed by atoms with E-state index < -0.39 is 10.0 Å². The first-order valence-corrected chi connectivity index (χ1v) is 11.0. The molecule has 1 aliphatic rings. The molecular weight excluding hydrogens is 382 g/mol. The summed E-state index contributed by atoms with van der Waals surface area (Å²) in [6.07, 6.45) is 1.55. The van der Waals surface area contributed by atoms with Gasteiger partial charge in [-0.3, -0.25) is 0 Å². The molecule has 0 bridgehead atoms. The van der Waals surface area contributed by atoms with Gasteiger partial charge in [0.05, 0.1) is 11.1 Å². The Morgan fingerprint density at radius 1 is 1.04 bits per heavy atom. The van der Waals surface area contributed by atoms with Crippen LogP contribution in [0.25, 0.3) is 10.6 Å². The molecule has 0 unspecified atom stereocenters. The van der Waals surface area contributed by atoms with Gasteiger partial charge in [0, 0.05) is 37.9 Å². The second-order valence-corrected chi connectivity index (χ2v) is 9.85. The van der Waals surface area contributed by atoms with Gasteiger partial charge < -0.3 is 9.42 Å². The fourth-order valence-electron chi connectivity index (χ4n) is 3.31. The van der Waals surface area contributed by atoms with Crippen LogP contribution in [0.15, 0.2) is 51.3 Å². The highest BCUT2D eigenvalue weighted by atomic mass is 32.2. The Hall–Kier alpha value is -2.16. The van der Waals surface area contributed by atoms with E-state index in [9.17, 15) is 8.42 Å². The Bertz CT molecular complexity index is 1030. The van der Waals surface area contributed by atoms with E-state index in [-0.39, 0.29) is 0 Å². The molecule has 3 heterocycles. The third-order valence-electron chi connectivity index (χ3n) is 5.01. The molecule has 6 nitrogen and oxygen atoms in total. The zero-order chi connectivity index (χ0) is 19.0. The molecular formula is C19H21N3O3S2. The minimum atomic E-state index is -3.49. The number of aryl methyl sites for hydroxylation is 1. The van der Waals surface area contributed by atoms with Gasteiger partial charge in [-0.1, -0.05) is 17.3 Å². The molecule has 1 fully saturated rings. The molecule has 142 valence electrons. The van der Waals surface area contributed by atoms with E-state index in [1.165, 1.54) is 28.2 Å². The van der Waals surface area contributed by atoms with Gasteiger partial charge in [0.25, 0.3) is 10.0 Å².